The molecule has 0 atom stereocenters. The lowest BCUT2D eigenvalue weighted by atomic mass is 10.1. The van der Waals surface area contributed by atoms with E-state index in [1.807, 2.05) is 26.2 Å². The molecule has 0 bridgehead atoms. The molecule has 6 nitrogen and oxygen atoms in total. The van der Waals surface area contributed by atoms with Gasteiger partial charge in [0.2, 0.25) is 0 Å². The van der Waals surface area contributed by atoms with E-state index < -0.39 is 11.7 Å². The molecule has 156 valence electrons. The molecule has 3 rings (SSSR count). The quantitative estimate of drug-likeness (QED) is 0.712. The van der Waals surface area contributed by atoms with Crippen molar-refractivity contribution in [3.05, 3.63) is 41.5 Å². The summed E-state index contributed by atoms with van der Waals surface area (Å²) in [6.07, 6.45) is -0.0831. The zero-order valence-corrected chi connectivity index (χ0v) is 17.6. The highest BCUT2D eigenvalue weighted by Crippen LogP contribution is 2.34. The number of ether oxygens (including phenoxy) is 2. The molecule has 1 aromatic heterocycles. The van der Waals surface area contributed by atoms with Gasteiger partial charge in [0.25, 0.3) is 0 Å². The van der Waals surface area contributed by atoms with Crippen LogP contribution in [0.4, 0.5) is 19.7 Å². The van der Waals surface area contributed by atoms with Crippen LogP contribution < -0.4 is 5.32 Å². The smallest absolute Gasteiger partial charge is 0.411 e. The summed E-state index contributed by atoms with van der Waals surface area (Å²) in [5.74, 6) is -0.332. The molecule has 1 aromatic carbocycles. The third-order valence-electron chi connectivity index (χ3n) is 4.36. The average Bonchev–Trinajstić information content (AvgIpc) is 3.09. The Morgan fingerprint density at radius 3 is 2.59 bits per heavy atom. The number of likely N-dealkylation sites (tertiary alicyclic amines) is 1. The fourth-order valence-electron chi connectivity index (χ4n) is 3.03. The maximum absolute atomic E-state index is 13.5. The topological polar surface area (TPSA) is 67.9 Å². The first-order chi connectivity index (χ1) is 13.7. The third-order valence-corrected chi connectivity index (χ3v) is 5.32. The maximum Gasteiger partial charge on any atom is 0.411 e. The molecule has 1 fully saturated rings. The number of carbonyl (C=O) groups excluding carboxylic acids is 2. The standard InChI is InChI=1S/C21H25FN2O4S/c1-21(2,3)28-20(26)24-10-7-16(8-11-24)27-19(25)23-17-9-12-29-18(17)14-5-4-6-15(22)13-14/h4-6,9,12-13,16H,7-8,10-11H2,1-3H3,(H,23,25). The summed E-state index contributed by atoms with van der Waals surface area (Å²) < 4.78 is 24.4. The van der Waals surface area contributed by atoms with Crippen molar-refractivity contribution in [2.75, 3.05) is 18.4 Å². The lowest BCUT2D eigenvalue weighted by Crippen LogP contribution is -2.44. The third kappa shape index (κ3) is 5.93. The second kappa shape index (κ2) is 8.82. The molecule has 0 saturated carbocycles. The Labute approximate surface area is 173 Å². The SMILES string of the molecule is CC(C)(C)OC(=O)N1CCC(OC(=O)Nc2ccsc2-c2cccc(F)c2)CC1. The van der Waals surface area contributed by atoms with Crippen LogP contribution in [0.5, 0.6) is 0 Å². The fourth-order valence-corrected chi connectivity index (χ4v) is 3.88. The van der Waals surface area contributed by atoms with Crippen LogP contribution in [-0.2, 0) is 9.47 Å². The summed E-state index contributed by atoms with van der Waals surface area (Å²) in [6, 6.07) is 7.98. The van der Waals surface area contributed by atoms with Crippen LogP contribution >= 0.6 is 11.3 Å². The van der Waals surface area contributed by atoms with Gasteiger partial charge in [0.05, 0.1) is 10.6 Å². The van der Waals surface area contributed by atoms with Crippen molar-refractivity contribution >= 4 is 29.2 Å². The molecule has 0 aliphatic carbocycles. The number of piperidine rings is 1. The Kier molecular flexibility index (Phi) is 6.42. The Morgan fingerprint density at radius 1 is 1.21 bits per heavy atom. The molecule has 0 spiro atoms. The van der Waals surface area contributed by atoms with E-state index in [-0.39, 0.29) is 18.0 Å². The molecule has 8 heteroatoms. The number of benzene rings is 1. The minimum atomic E-state index is -0.559. The van der Waals surface area contributed by atoms with Crippen molar-refractivity contribution in [1.29, 1.82) is 0 Å². The summed E-state index contributed by atoms with van der Waals surface area (Å²) >= 11 is 1.41. The first-order valence-corrected chi connectivity index (χ1v) is 10.4. The van der Waals surface area contributed by atoms with Gasteiger partial charge in [-0.1, -0.05) is 12.1 Å². The van der Waals surface area contributed by atoms with Gasteiger partial charge in [-0.25, -0.2) is 14.0 Å². The Bertz CT molecular complexity index is 870. The molecule has 0 radical (unpaired) electrons. The number of halogens is 1. The number of hydrogen-bond donors (Lipinski definition) is 1. The van der Waals surface area contributed by atoms with E-state index in [1.54, 1.807) is 23.1 Å². The number of amides is 2. The van der Waals surface area contributed by atoms with Crippen LogP contribution in [0.2, 0.25) is 0 Å². The first kappa shape index (κ1) is 21.1. The number of nitrogens with one attached hydrogen (secondary N) is 1. The van der Waals surface area contributed by atoms with E-state index in [9.17, 15) is 14.0 Å². The summed E-state index contributed by atoms with van der Waals surface area (Å²) in [5, 5.41) is 4.57. The van der Waals surface area contributed by atoms with Crippen LogP contribution in [0.25, 0.3) is 10.4 Å². The predicted molar refractivity (Wildman–Crippen MR) is 111 cm³/mol. The van der Waals surface area contributed by atoms with Gasteiger partial charge in [0, 0.05) is 25.9 Å². The first-order valence-electron chi connectivity index (χ1n) is 9.50. The molecule has 29 heavy (non-hydrogen) atoms. The van der Waals surface area contributed by atoms with Crippen molar-refractivity contribution in [3.8, 4) is 10.4 Å². The van der Waals surface area contributed by atoms with Crippen molar-refractivity contribution < 1.29 is 23.5 Å². The fraction of sp³-hybridized carbons (Fsp3) is 0.429. The molecule has 2 aromatic rings. The summed E-state index contributed by atoms with van der Waals surface area (Å²) in [5.41, 5.74) is 0.738. The van der Waals surface area contributed by atoms with Gasteiger partial charge in [0.1, 0.15) is 17.5 Å². The number of anilines is 1. The Balaban J connectivity index is 1.52. The van der Waals surface area contributed by atoms with Crippen LogP contribution in [0.3, 0.4) is 0 Å². The van der Waals surface area contributed by atoms with Gasteiger partial charge in [-0.05, 0) is 49.9 Å². The number of rotatable bonds is 3. The van der Waals surface area contributed by atoms with Gasteiger partial charge >= 0.3 is 12.2 Å². The Morgan fingerprint density at radius 2 is 1.93 bits per heavy atom. The summed E-state index contributed by atoms with van der Waals surface area (Å²) in [4.78, 5) is 26.8. The second-order valence-corrected chi connectivity index (χ2v) is 8.79. The van der Waals surface area contributed by atoms with Crippen molar-refractivity contribution in [2.24, 2.45) is 0 Å². The molecule has 1 N–H and O–H groups in total. The largest absolute Gasteiger partial charge is 0.446 e. The van der Waals surface area contributed by atoms with Crippen molar-refractivity contribution in [2.45, 2.75) is 45.3 Å². The number of nitrogens with zero attached hydrogens (tertiary/aromatic N) is 1. The monoisotopic (exact) mass is 420 g/mol. The molecule has 1 aliphatic rings. The second-order valence-electron chi connectivity index (χ2n) is 7.87. The molecular formula is C21H25FN2O4S. The van der Waals surface area contributed by atoms with Crippen LogP contribution in [-0.4, -0.2) is 41.9 Å². The predicted octanol–water partition coefficient (Wildman–Crippen LogP) is 5.50. The number of thiophene rings is 1. The Hall–Kier alpha value is -2.61. The molecule has 1 saturated heterocycles. The lowest BCUT2D eigenvalue weighted by Gasteiger charge is -2.33. The van der Waals surface area contributed by atoms with E-state index in [0.717, 1.165) is 4.88 Å². The summed E-state index contributed by atoms with van der Waals surface area (Å²) in [6.45, 7) is 6.43. The lowest BCUT2D eigenvalue weighted by molar-refractivity contribution is 0.00794. The molecule has 2 heterocycles. The minimum absolute atomic E-state index is 0.273. The van der Waals surface area contributed by atoms with Gasteiger partial charge < -0.3 is 14.4 Å². The number of hydrogen-bond acceptors (Lipinski definition) is 5. The van der Waals surface area contributed by atoms with Gasteiger partial charge in [-0.2, -0.15) is 0 Å². The van der Waals surface area contributed by atoms with Crippen LogP contribution in [0.1, 0.15) is 33.6 Å². The van der Waals surface area contributed by atoms with Crippen LogP contribution in [0.15, 0.2) is 35.7 Å². The van der Waals surface area contributed by atoms with Crippen molar-refractivity contribution in [3.63, 3.8) is 0 Å². The highest BCUT2D eigenvalue weighted by molar-refractivity contribution is 7.14. The van der Waals surface area contributed by atoms with E-state index in [4.69, 9.17) is 9.47 Å². The minimum Gasteiger partial charge on any atom is -0.446 e. The van der Waals surface area contributed by atoms with Crippen LogP contribution in [0, 0.1) is 5.82 Å². The van der Waals surface area contributed by atoms with E-state index in [1.165, 1.54) is 23.5 Å². The summed E-state index contributed by atoms with van der Waals surface area (Å²) in [7, 11) is 0. The maximum atomic E-state index is 13.5. The molecule has 0 unspecified atom stereocenters. The molecule has 1 aliphatic heterocycles. The zero-order chi connectivity index (χ0) is 21.0. The zero-order valence-electron chi connectivity index (χ0n) is 16.7. The molecular weight excluding hydrogens is 395 g/mol. The highest BCUT2D eigenvalue weighted by atomic mass is 32.1. The molecule has 2 amide bonds. The number of carbonyl (C=O) groups is 2. The van der Waals surface area contributed by atoms with E-state index in [0.29, 0.717) is 37.2 Å². The van der Waals surface area contributed by atoms with Gasteiger partial charge in [0.15, 0.2) is 0 Å². The van der Waals surface area contributed by atoms with E-state index >= 15 is 0 Å². The highest BCUT2D eigenvalue weighted by Gasteiger charge is 2.28. The average molecular weight is 421 g/mol. The van der Waals surface area contributed by atoms with E-state index in [2.05, 4.69) is 5.32 Å². The van der Waals surface area contributed by atoms with Crippen molar-refractivity contribution in [1.82, 2.24) is 4.90 Å². The van der Waals surface area contributed by atoms with Gasteiger partial charge in [-0.15, -0.1) is 11.3 Å². The van der Waals surface area contributed by atoms with Gasteiger partial charge in [-0.3, -0.25) is 5.32 Å². The normalized spacial score (nSPS) is 15.1.